The Balaban J connectivity index is 1.58. The van der Waals surface area contributed by atoms with Crippen molar-refractivity contribution in [2.75, 3.05) is 26.2 Å². The number of rotatable bonds is 3. The van der Waals surface area contributed by atoms with E-state index in [0.717, 1.165) is 25.3 Å². The fourth-order valence-corrected chi connectivity index (χ4v) is 2.95. The molecule has 3 rings (SSSR count). The van der Waals surface area contributed by atoms with Crippen molar-refractivity contribution in [1.29, 1.82) is 0 Å². The van der Waals surface area contributed by atoms with Gasteiger partial charge in [0.25, 0.3) is 0 Å². The van der Waals surface area contributed by atoms with E-state index in [1.54, 1.807) is 0 Å². The lowest BCUT2D eigenvalue weighted by Gasteiger charge is -2.33. The third-order valence-electron chi connectivity index (χ3n) is 4.01. The first-order valence-electron chi connectivity index (χ1n) is 7.23. The van der Waals surface area contributed by atoms with Crippen molar-refractivity contribution in [3.05, 3.63) is 29.3 Å². The molecule has 0 spiro atoms. The summed E-state index contributed by atoms with van der Waals surface area (Å²) in [4.78, 5) is 2.25. The molecule has 0 bridgehead atoms. The van der Waals surface area contributed by atoms with Gasteiger partial charge in [-0.2, -0.15) is 0 Å². The van der Waals surface area contributed by atoms with Crippen LogP contribution in [0.4, 0.5) is 0 Å². The molecule has 0 aliphatic carbocycles. The average Bonchev–Trinajstić information content (AvgIpc) is 2.88. The van der Waals surface area contributed by atoms with E-state index < -0.39 is 0 Å². The molecule has 2 aliphatic rings. The number of aryl methyl sites for hydroxylation is 1. The van der Waals surface area contributed by atoms with Gasteiger partial charge < -0.3 is 20.4 Å². The molecule has 114 valence electrons. The zero-order valence-electron chi connectivity index (χ0n) is 12.2. The minimum absolute atomic E-state index is 0.131. The Bertz CT molecular complexity index is 547. The molecule has 6 nitrogen and oxygen atoms in total. The first-order valence-corrected chi connectivity index (χ1v) is 7.23. The Morgan fingerprint density at radius 2 is 2.38 bits per heavy atom. The molecule has 21 heavy (non-hydrogen) atoms. The summed E-state index contributed by atoms with van der Waals surface area (Å²) in [6.45, 7) is 4.97. The van der Waals surface area contributed by atoms with Gasteiger partial charge in [0.2, 0.25) is 0 Å². The highest BCUT2D eigenvalue weighted by Crippen LogP contribution is 2.30. The topological polar surface area (TPSA) is 80.3 Å². The summed E-state index contributed by atoms with van der Waals surface area (Å²) in [6.07, 6.45) is 0.755. The van der Waals surface area contributed by atoms with E-state index in [1.807, 2.05) is 6.07 Å². The smallest absolute Gasteiger partial charge is 0.169 e. The first kappa shape index (κ1) is 14.2. The summed E-state index contributed by atoms with van der Waals surface area (Å²) in [5.74, 6) is 1.12. The number of morpholine rings is 1. The molecule has 6 heteroatoms. The molecule has 0 radical (unpaired) electrons. The number of benzene rings is 1. The number of hydrogen-bond acceptors (Lipinski definition) is 5. The van der Waals surface area contributed by atoms with Crippen molar-refractivity contribution >= 4 is 5.84 Å². The summed E-state index contributed by atoms with van der Waals surface area (Å²) in [5.41, 5.74) is 8.16. The Kier molecular flexibility index (Phi) is 3.98. The second-order valence-electron chi connectivity index (χ2n) is 5.70. The lowest BCUT2D eigenvalue weighted by atomic mass is 10.1. The Hall–Kier alpha value is -1.79. The summed E-state index contributed by atoms with van der Waals surface area (Å²) >= 11 is 0. The van der Waals surface area contributed by atoms with Crippen LogP contribution in [0.3, 0.4) is 0 Å². The zero-order valence-corrected chi connectivity index (χ0v) is 12.2. The second-order valence-corrected chi connectivity index (χ2v) is 5.70. The van der Waals surface area contributed by atoms with Gasteiger partial charge in [-0.15, -0.1) is 0 Å². The molecule has 1 saturated heterocycles. The van der Waals surface area contributed by atoms with Gasteiger partial charge in [-0.25, -0.2) is 0 Å². The average molecular weight is 291 g/mol. The SMILES string of the molecule is Cc1ccc2c(c1)CC(CN1CCOC(C(N)=NO)C1)O2. The van der Waals surface area contributed by atoms with Gasteiger partial charge in [-0.05, 0) is 18.6 Å². The van der Waals surface area contributed by atoms with E-state index in [0.29, 0.717) is 13.2 Å². The van der Waals surface area contributed by atoms with Crippen LogP contribution in [0, 0.1) is 6.92 Å². The molecule has 0 aromatic heterocycles. The van der Waals surface area contributed by atoms with Crippen molar-refractivity contribution in [3.63, 3.8) is 0 Å². The highest BCUT2D eigenvalue weighted by Gasteiger charge is 2.29. The van der Waals surface area contributed by atoms with Gasteiger partial charge in [0.15, 0.2) is 5.84 Å². The molecule has 0 amide bonds. The van der Waals surface area contributed by atoms with Crippen molar-refractivity contribution in [3.8, 4) is 5.75 Å². The number of ether oxygens (including phenoxy) is 2. The van der Waals surface area contributed by atoms with E-state index in [1.165, 1.54) is 11.1 Å². The predicted molar refractivity (Wildman–Crippen MR) is 78.9 cm³/mol. The van der Waals surface area contributed by atoms with Crippen LogP contribution in [0.25, 0.3) is 0 Å². The monoisotopic (exact) mass is 291 g/mol. The predicted octanol–water partition coefficient (Wildman–Crippen LogP) is 0.746. The molecule has 1 fully saturated rings. The van der Waals surface area contributed by atoms with Crippen LogP contribution in [0.15, 0.2) is 23.4 Å². The molecular weight excluding hydrogens is 270 g/mol. The minimum atomic E-state index is -0.338. The summed E-state index contributed by atoms with van der Waals surface area (Å²) in [6, 6.07) is 6.31. The maximum Gasteiger partial charge on any atom is 0.169 e. The fraction of sp³-hybridized carbons (Fsp3) is 0.533. The number of hydrogen-bond donors (Lipinski definition) is 2. The lowest BCUT2D eigenvalue weighted by molar-refractivity contribution is -0.00672. The van der Waals surface area contributed by atoms with Crippen LogP contribution in [0.2, 0.25) is 0 Å². The number of nitrogens with zero attached hydrogens (tertiary/aromatic N) is 2. The molecule has 2 atom stereocenters. The Labute approximate surface area is 124 Å². The van der Waals surface area contributed by atoms with E-state index in [9.17, 15) is 0 Å². The van der Waals surface area contributed by atoms with E-state index in [-0.39, 0.29) is 18.0 Å². The standard InChI is InChI=1S/C15H21N3O3/c1-10-2-3-13-11(6-10)7-12(21-13)8-18-4-5-20-14(9-18)15(16)17-19/h2-3,6,12,14,19H,4-5,7-9H2,1H3,(H2,16,17). The fourth-order valence-electron chi connectivity index (χ4n) is 2.95. The number of fused-ring (bicyclic) bond motifs is 1. The van der Waals surface area contributed by atoms with Crippen LogP contribution in [-0.4, -0.2) is 54.4 Å². The van der Waals surface area contributed by atoms with Crippen LogP contribution in [0.5, 0.6) is 5.75 Å². The van der Waals surface area contributed by atoms with Crippen molar-refractivity contribution in [2.45, 2.75) is 25.6 Å². The van der Waals surface area contributed by atoms with E-state index >= 15 is 0 Å². The van der Waals surface area contributed by atoms with Crippen LogP contribution < -0.4 is 10.5 Å². The van der Waals surface area contributed by atoms with Crippen molar-refractivity contribution in [1.82, 2.24) is 4.90 Å². The molecule has 1 aromatic rings. The molecule has 0 saturated carbocycles. The van der Waals surface area contributed by atoms with Crippen LogP contribution in [0.1, 0.15) is 11.1 Å². The zero-order chi connectivity index (χ0) is 14.8. The third-order valence-corrected chi connectivity index (χ3v) is 4.01. The highest BCUT2D eigenvalue weighted by molar-refractivity contribution is 5.84. The van der Waals surface area contributed by atoms with Crippen LogP contribution >= 0.6 is 0 Å². The quantitative estimate of drug-likeness (QED) is 0.372. The van der Waals surface area contributed by atoms with Crippen LogP contribution in [-0.2, 0) is 11.2 Å². The second kappa shape index (κ2) is 5.91. The van der Waals surface area contributed by atoms with Gasteiger partial charge in [-0.3, -0.25) is 4.90 Å². The van der Waals surface area contributed by atoms with Gasteiger partial charge in [0.05, 0.1) is 6.61 Å². The minimum Gasteiger partial charge on any atom is -0.488 e. The normalized spacial score (nSPS) is 26.4. The maximum absolute atomic E-state index is 8.74. The van der Waals surface area contributed by atoms with E-state index in [2.05, 4.69) is 29.1 Å². The largest absolute Gasteiger partial charge is 0.488 e. The number of amidine groups is 1. The molecule has 3 N–H and O–H groups in total. The van der Waals surface area contributed by atoms with Gasteiger partial charge in [-0.1, -0.05) is 22.9 Å². The maximum atomic E-state index is 8.74. The van der Waals surface area contributed by atoms with Gasteiger partial charge in [0, 0.05) is 26.1 Å². The summed E-state index contributed by atoms with van der Waals surface area (Å²) in [7, 11) is 0. The molecule has 2 aliphatic heterocycles. The lowest BCUT2D eigenvalue weighted by Crippen LogP contribution is -2.50. The highest BCUT2D eigenvalue weighted by atomic mass is 16.5. The Morgan fingerprint density at radius 3 is 3.19 bits per heavy atom. The first-order chi connectivity index (χ1) is 10.2. The molecule has 2 heterocycles. The van der Waals surface area contributed by atoms with Gasteiger partial charge >= 0.3 is 0 Å². The molecule has 1 aromatic carbocycles. The molecule has 2 unspecified atom stereocenters. The third kappa shape index (κ3) is 3.11. The summed E-state index contributed by atoms with van der Waals surface area (Å²) < 4.78 is 11.5. The molecular formula is C15H21N3O3. The van der Waals surface area contributed by atoms with Crippen molar-refractivity contribution < 1.29 is 14.7 Å². The summed E-state index contributed by atoms with van der Waals surface area (Å²) in [5, 5.41) is 11.8. The van der Waals surface area contributed by atoms with E-state index in [4.69, 9.17) is 20.4 Å². The van der Waals surface area contributed by atoms with Crippen molar-refractivity contribution in [2.24, 2.45) is 10.9 Å². The number of oxime groups is 1. The number of nitrogens with two attached hydrogens (primary N) is 1. The van der Waals surface area contributed by atoms with Gasteiger partial charge in [0.1, 0.15) is 18.0 Å². The Morgan fingerprint density at radius 1 is 1.52 bits per heavy atom.